The van der Waals surface area contributed by atoms with E-state index in [1.165, 1.54) is 36.6 Å². The molecule has 1 saturated carbocycles. The monoisotopic (exact) mass is 268 g/mol. The highest BCUT2D eigenvalue weighted by Crippen LogP contribution is 2.39. The molecule has 1 fully saturated rings. The zero-order chi connectivity index (χ0) is 13.9. The highest BCUT2D eigenvalue weighted by molar-refractivity contribution is 5.82. The summed E-state index contributed by atoms with van der Waals surface area (Å²) in [4.78, 5) is 4.48. The van der Waals surface area contributed by atoms with Crippen molar-refractivity contribution in [2.45, 2.75) is 51.0 Å². The quantitative estimate of drug-likeness (QED) is 0.904. The topological polar surface area (TPSA) is 38.9 Å². The fourth-order valence-electron chi connectivity index (χ4n) is 3.76. The third-order valence-corrected chi connectivity index (χ3v) is 4.79. The van der Waals surface area contributed by atoms with Crippen molar-refractivity contribution in [3.63, 3.8) is 0 Å². The molecule has 1 aliphatic rings. The number of benzene rings is 1. The molecule has 3 atom stereocenters. The summed E-state index contributed by atoms with van der Waals surface area (Å²) in [6.07, 6.45) is 8.19. The smallest absolute Gasteiger partial charge is 0.0704 e. The Balaban J connectivity index is 1.96. The van der Waals surface area contributed by atoms with Gasteiger partial charge in [0, 0.05) is 17.6 Å². The highest BCUT2D eigenvalue weighted by Gasteiger charge is 2.29. The predicted octanol–water partition coefficient (Wildman–Crippen LogP) is 4.25. The number of aromatic nitrogens is 1. The van der Waals surface area contributed by atoms with Crippen molar-refractivity contribution in [1.82, 2.24) is 4.98 Å². The van der Waals surface area contributed by atoms with Gasteiger partial charge in [0.05, 0.1) is 5.52 Å². The van der Waals surface area contributed by atoms with Crippen LogP contribution >= 0.6 is 0 Å². The Morgan fingerprint density at radius 1 is 1.20 bits per heavy atom. The molecule has 0 aliphatic heterocycles. The second kappa shape index (κ2) is 5.92. The first kappa shape index (κ1) is 13.6. The molecule has 1 aromatic carbocycles. The van der Waals surface area contributed by atoms with Crippen LogP contribution in [0.25, 0.3) is 10.9 Å². The van der Waals surface area contributed by atoms with Gasteiger partial charge in [0.25, 0.3) is 0 Å². The van der Waals surface area contributed by atoms with E-state index in [0.717, 1.165) is 17.9 Å². The second-order valence-corrected chi connectivity index (χ2v) is 6.16. The minimum Gasteiger partial charge on any atom is -0.327 e. The van der Waals surface area contributed by atoms with Crippen LogP contribution in [-0.4, -0.2) is 11.0 Å². The van der Waals surface area contributed by atoms with E-state index >= 15 is 0 Å². The fraction of sp³-hybridized carbons (Fsp3) is 0.500. The van der Waals surface area contributed by atoms with Crippen molar-refractivity contribution < 1.29 is 0 Å². The van der Waals surface area contributed by atoms with E-state index in [4.69, 9.17) is 5.73 Å². The van der Waals surface area contributed by atoms with Crippen LogP contribution in [0.2, 0.25) is 0 Å². The van der Waals surface area contributed by atoms with E-state index in [2.05, 4.69) is 36.2 Å². The number of nitrogens with zero attached hydrogens (tertiary/aromatic N) is 1. The van der Waals surface area contributed by atoms with Gasteiger partial charge in [-0.25, -0.2) is 0 Å². The molecular formula is C18H24N2. The number of pyridine rings is 1. The van der Waals surface area contributed by atoms with Crippen molar-refractivity contribution in [3.05, 3.63) is 42.1 Å². The lowest BCUT2D eigenvalue weighted by Crippen LogP contribution is -2.34. The van der Waals surface area contributed by atoms with Crippen molar-refractivity contribution in [3.8, 4) is 0 Å². The number of hydrogen-bond donors (Lipinski definition) is 1. The number of rotatable bonds is 3. The largest absolute Gasteiger partial charge is 0.327 e. The predicted molar refractivity (Wildman–Crippen MR) is 84.7 cm³/mol. The Labute approximate surface area is 121 Å². The van der Waals surface area contributed by atoms with Gasteiger partial charge in [-0.3, -0.25) is 4.98 Å². The minimum absolute atomic E-state index is 0.300. The standard InChI is InChI=1S/C18H24N2/c1-2-5-13-9-10-17(19)16(12-13)14-6-3-8-18-15(14)7-4-11-20-18/h3-4,6-8,11,13,16-17H,2,5,9-10,12,19H2,1H3. The molecule has 2 heteroatoms. The lowest BCUT2D eigenvalue weighted by atomic mass is 9.73. The van der Waals surface area contributed by atoms with E-state index in [0.29, 0.717) is 12.0 Å². The van der Waals surface area contributed by atoms with Crippen LogP contribution in [0.5, 0.6) is 0 Å². The normalized spacial score (nSPS) is 26.8. The lowest BCUT2D eigenvalue weighted by Gasteiger charge is -2.35. The zero-order valence-corrected chi connectivity index (χ0v) is 12.3. The molecular weight excluding hydrogens is 244 g/mol. The third kappa shape index (κ3) is 2.57. The van der Waals surface area contributed by atoms with Crippen LogP contribution < -0.4 is 5.73 Å². The number of fused-ring (bicyclic) bond motifs is 1. The molecule has 0 spiro atoms. The van der Waals surface area contributed by atoms with E-state index in [1.807, 2.05) is 12.3 Å². The maximum atomic E-state index is 6.44. The summed E-state index contributed by atoms with van der Waals surface area (Å²) in [5.41, 5.74) is 8.94. The van der Waals surface area contributed by atoms with Crippen LogP contribution in [0, 0.1) is 5.92 Å². The van der Waals surface area contributed by atoms with Gasteiger partial charge in [0.1, 0.15) is 0 Å². The molecule has 2 aromatic rings. The van der Waals surface area contributed by atoms with Crippen LogP contribution in [0.3, 0.4) is 0 Å². The Bertz CT molecular complexity index is 573. The Hall–Kier alpha value is -1.41. The number of hydrogen-bond acceptors (Lipinski definition) is 2. The summed E-state index contributed by atoms with van der Waals surface area (Å²) in [6.45, 7) is 2.28. The third-order valence-electron chi connectivity index (χ3n) is 4.79. The first-order valence-electron chi connectivity index (χ1n) is 7.88. The van der Waals surface area contributed by atoms with Crippen molar-refractivity contribution >= 4 is 10.9 Å². The number of nitrogens with two attached hydrogens (primary N) is 1. The maximum absolute atomic E-state index is 6.44. The Morgan fingerprint density at radius 3 is 2.95 bits per heavy atom. The van der Waals surface area contributed by atoms with Crippen molar-refractivity contribution in [2.75, 3.05) is 0 Å². The summed E-state index contributed by atoms with van der Waals surface area (Å²) in [5, 5.41) is 1.28. The highest BCUT2D eigenvalue weighted by atomic mass is 14.7. The van der Waals surface area contributed by atoms with E-state index in [9.17, 15) is 0 Å². The summed E-state index contributed by atoms with van der Waals surface area (Å²) >= 11 is 0. The fourth-order valence-corrected chi connectivity index (χ4v) is 3.76. The van der Waals surface area contributed by atoms with Crippen molar-refractivity contribution in [1.29, 1.82) is 0 Å². The summed E-state index contributed by atoms with van der Waals surface area (Å²) in [5.74, 6) is 1.34. The van der Waals surface area contributed by atoms with Crippen LogP contribution in [0.4, 0.5) is 0 Å². The maximum Gasteiger partial charge on any atom is 0.0704 e. The van der Waals surface area contributed by atoms with Crippen LogP contribution in [0.15, 0.2) is 36.5 Å². The summed E-state index contributed by atoms with van der Waals surface area (Å²) < 4.78 is 0. The molecule has 1 aliphatic carbocycles. The molecule has 106 valence electrons. The molecule has 2 nitrogen and oxygen atoms in total. The first-order valence-corrected chi connectivity index (χ1v) is 7.88. The van der Waals surface area contributed by atoms with Gasteiger partial charge < -0.3 is 5.73 Å². The lowest BCUT2D eigenvalue weighted by molar-refractivity contribution is 0.275. The Kier molecular flexibility index (Phi) is 4.02. The van der Waals surface area contributed by atoms with Gasteiger partial charge in [-0.05, 0) is 48.8 Å². The first-order chi connectivity index (χ1) is 9.79. The van der Waals surface area contributed by atoms with E-state index in [1.54, 1.807) is 0 Å². The average molecular weight is 268 g/mol. The molecule has 1 heterocycles. The average Bonchev–Trinajstić information content (AvgIpc) is 2.49. The molecule has 0 radical (unpaired) electrons. The van der Waals surface area contributed by atoms with E-state index in [-0.39, 0.29) is 0 Å². The molecule has 2 N–H and O–H groups in total. The summed E-state index contributed by atoms with van der Waals surface area (Å²) in [7, 11) is 0. The van der Waals surface area contributed by atoms with Gasteiger partial charge in [-0.15, -0.1) is 0 Å². The Morgan fingerprint density at radius 2 is 2.10 bits per heavy atom. The van der Waals surface area contributed by atoms with Gasteiger partial charge in [-0.2, -0.15) is 0 Å². The summed E-state index contributed by atoms with van der Waals surface area (Å²) in [6, 6.07) is 11.0. The van der Waals surface area contributed by atoms with Crippen LogP contribution in [-0.2, 0) is 0 Å². The SMILES string of the molecule is CCCC1CCC(N)C(c2cccc3ncccc23)C1. The van der Waals surface area contributed by atoms with Gasteiger partial charge in [0.15, 0.2) is 0 Å². The molecule has 3 rings (SSSR count). The van der Waals surface area contributed by atoms with Gasteiger partial charge >= 0.3 is 0 Å². The second-order valence-electron chi connectivity index (χ2n) is 6.16. The van der Waals surface area contributed by atoms with Gasteiger partial charge in [-0.1, -0.05) is 38.0 Å². The van der Waals surface area contributed by atoms with Crippen molar-refractivity contribution in [2.24, 2.45) is 11.7 Å². The minimum atomic E-state index is 0.300. The molecule has 0 bridgehead atoms. The van der Waals surface area contributed by atoms with Crippen LogP contribution in [0.1, 0.15) is 50.5 Å². The molecule has 3 unspecified atom stereocenters. The zero-order valence-electron chi connectivity index (χ0n) is 12.3. The molecule has 1 aromatic heterocycles. The molecule has 0 saturated heterocycles. The molecule has 20 heavy (non-hydrogen) atoms. The van der Waals surface area contributed by atoms with E-state index < -0.39 is 0 Å². The van der Waals surface area contributed by atoms with Gasteiger partial charge in [0.2, 0.25) is 0 Å². The molecule has 0 amide bonds.